The number of ether oxygens (including phenoxy) is 1. The third-order valence-electron chi connectivity index (χ3n) is 2.65. The molecule has 1 aromatic rings. The van der Waals surface area contributed by atoms with Crippen LogP contribution in [0.3, 0.4) is 0 Å². The second-order valence-electron chi connectivity index (χ2n) is 4.45. The number of hydrogen-bond acceptors (Lipinski definition) is 3. The number of nitrogens with zero attached hydrogens (tertiary/aromatic N) is 1. The number of carbonyl (C=O) groups is 1. The molecule has 18 heavy (non-hydrogen) atoms. The van der Waals surface area contributed by atoms with Gasteiger partial charge in [-0.05, 0) is 17.0 Å². The van der Waals surface area contributed by atoms with Crippen molar-refractivity contribution in [1.29, 1.82) is 5.26 Å². The van der Waals surface area contributed by atoms with Gasteiger partial charge < -0.3 is 4.74 Å². The molecule has 1 rings (SSSR count). The van der Waals surface area contributed by atoms with Crippen LogP contribution in [0.15, 0.2) is 36.4 Å². The highest BCUT2D eigenvalue weighted by molar-refractivity contribution is 5.67. The topological polar surface area (TPSA) is 50.1 Å². The minimum absolute atomic E-state index is 0.225. The smallest absolute Gasteiger partial charge is 0.303 e. The molecule has 0 saturated heterocycles. The van der Waals surface area contributed by atoms with E-state index < -0.39 is 12.1 Å². The highest BCUT2D eigenvalue weighted by Gasteiger charge is 2.18. The summed E-state index contributed by atoms with van der Waals surface area (Å²) >= 11 is 0. The quantitative estimate of drug-likeness (QED) is 0.600. The van der Waals surface area contributed by atoms with E-state index in [-0.39, 0.29) is 5.57 Å². The third kappa shape index (κ3) is 3.46. The number of hydrogen-bond donors (Lipinski definition) is 0. The van der Waals surface area contributed by atoms with Gasteiger partial charge in [0.15, 0.2) is 6.10 Å². The third-order valence-corrected chi connectivity index (χ3v) is 2.65. The van der Waals surface area contributed by atoms with E-state index in [2.05, 4.69) is 20.4 Å². The van der Waals surface area contributed by atoms with Crippen LogP contribution in [0.1, 0.15) is 43.9 Å². The summed E-state index contributed by atoms with van der Waals surface area (Å²) in [6, 6.07) is 9.61. The molecule has 0 heterocycles. The van der Waals surface area contributed by atoms with Gasteiger partial charge in [0.2, 0.25) is 0 Å². The van der Waals surface area contributed by atoms with E-state index in [9.17, 15) is 4.79 Å². The van der Waals surface area contributed by atoms with Crippen LogP contribution in [-0.4, -0.2) is 5.97 Å². The first-order chi connectivity index (χ1) is 8.45. The highest BCUT2D eigenvalue weighted by Crippen LogP contribution is 2.26. The van der Waals surface area contributed by atoms with Gasteiger partial charge in [-0.15, -0.1) is 0 Å². The van der Waals surface area contributed by atoms with E-state index in [0.717, 1.165) is 5.56 Å². The van der Waals surface area contributed by atoms with E-state index in [1.165, 1.54) is 12.5 Å². The summed E-state index contributed by atoms with van der Waals surface area (Å²) in [4.78, 5) is 11.1. The maximum absolute atomic E-state index is 11.1. The van der Waals surface area contributed by atoms with Crippen molar-refractivity contribution in [2.24, 2.45) is 0 Å². The van der Waals surface area contributed by atoms with E-state index in [4.69, 9.17) is 10.00 Å². The zero-order valence-corrected chi connectivity index (χ0v) is 10.9. The molecule has 1 atom stereocenters. The van der Waals surface area contributed by atoms with Gasteiger partial charge in [-0.25, -0.2) is 0 Å². The minimum Gasteiger partial charge on any atom is -0.452 e. The molecule has 0 radical (unpaired) electrons. The van der Waals surface area contributed by atoms with Gasteiger partial charge in [0.25, 0.3) is 0 Å². The van der Waals surface area contributed by atoms with Gasteiger partial charge >= 0.3 is 5.97 Å². The Morgan fingerprint density at radius 2 is 1.78 bits per heavy atom. The summed E-state index contributed by atoms with van der Waals surface area (Å²) in [7, 11) is 0. The van der Waals surface area contributed by atoms with Crippen LogP contribution >= 0.6 is 0 Å². The second kappa shape index (κ2) is 6.02. The Morgan fingerprint density at radius 3 is 2.17 bits per heavy atom. The van der Waals surface area contributed by atoms with Crippen molar-refractivity contribution in [3.05, 3.63) is 47.5 Å². The fourth-order valence-corrected chi connectivity index (χ4v) is 1.62. The van der Waals surface area contributed by atoms with Gasteiger partial charge in [-0.2, -0.15) is 5.26 Å². The van der Waals surface area contributed by atoms with Crippen LogP contribution in [0.5, 0.6) is 0 Å². The molecule has 0 aliphatic rings. The van der Waals surface area contributed by atoms with Crippen molar-refractivity contribution < 1.29 is 9.53 Å². The van der Waals surface area contributed by atoms with Crippen molar-refractivity contribution in [2.45, 2.75) is 32.8 Å². The number of nitriles is 1. The molecule has 94 valence electrons. The lowest BCUT2D eigenvalue weighted by Crippen LogP contribution is -2.10. The van der Waals surface area contributed by atoms with E-state index >= 15 is 0 Å². The molecule has 1 aromatic carbocycles. The summed E-state index contributed by atoms with van der Waals surface area (Å²) in [6.45, 7) is 9.15. The molecule has 0 unspecified atom stereocenters. The molecule has 0 amide bonds. The number of rotatable bonds is 4. The summed E-state index contributed by atoms with van der Waals surface area (Å²) in [5.41, 5.74) is 2.19. The predicted molar refractivity (Wildman–Crippen MR) is 69.8 cm³/mol. The first-order valence-electron chi connectivity index (χ1n) is 5.81. The molecule has 0 spiro atoms. The Bertz CT molecular complexity index is 480. The fraction of sp³-hybridized carbons (Fsp3) is 0.333. The van der Waals surface area contributed by atoms with Crippen LogP contribution < -0.4 is 0 Å². The molecule has 0 fully saturated rings. The van der Waals surface area contributed by atoms with Crippen molar-refractivity contribution in [1.82, 2.24) is 0 Å². The molecule has 3 heteroatoms. The summed E-state index contributed by atoms with van der Waals surface area (Å²) < 4.78 is 5.13. The predicted octanol–water partition coefficient (Wildman–Crippen LogP) is 3.49. The number of carbonyl (C=O) groups excluding carboxylic acids is 1. The first kappa shape index (κ1) is 14.0. The Kier molecular flexibility index (Phi) is 4.67. The normalized spacial score (nSPS) is 11.7. The van der Waals surface area contributed by atoms with Gasteiger partial charge in [0.1, 0.15) is 0 Å². The zero-order chi connectivity index (χ0) is 13.7. The maximum atomic E-state index is 11.1. The standard InChI is InChI=1S/C15H17NO2/c1-10(2)13-5-7-14(8-6-13)15(11(3)9-16)18-12(4)17/h5-8,10,15H,3H2,1-2,4H3/t15-/m0/s1. The summed E-state index contributed by atoms with van der Waals surface area (Å²) in [5, 5.41) is 8.88. The van der Waals surface area contributed by atoms with Crippen LogP contribution in [0, 0.1) is 11.3 Å². The monoisotopic (exact) mass is 243 g/mol. The van der Waals surface area contributed by atoms with Gasteiger partial charge in [0.05, 0.1) is 11.6 Å². The molecular weight excluding hydrogens is 226 g/mol. The fourth-order valence-electron chi connectivity index (χ4n) is 1.62. The average molecular weight is 243 g/mol. The van der Waals surface area contributed by atoms with Gasteiger partial charge in [-0.1, -0.05) is 44.7 Å². The van der Waals surface area contributed by atoms with Crippen molar-refractivity contribution in [2.75, 3.05) is 0 Å². The van der Waals surface area contributed by atoms with Crippen LogP contribution in [-0.2, 0) is 9.53 Å². The van der Waals surface area contributed by atoms with Gasteiger partial charge in [-0.3, -0.25) is 4.79 Å². The molecule has 0 N–H and O–H groups in total. The van der Waals surface area contributed by atoms with Crippen LogP contribution in [0.4, 0.5) is 0 Å². The molecular formula is C15H17NO2. The lowest BCUT2D eigenvalue weighted by molar-refractivity contribution is -0.144. The second-order valence-corrected chi connectivity index (χ2v) is 4.45. The minimum atomic E-state index is -0.686. The lowest BCUT2D eigenvalue weighted by Gasteiger charge is -2.16. The summed E-state index contributed by atoms with van der Waals surface area (Å²) in [6.07, 6.45) is -0.686. The van der Waals surface area contributed by atoms with Crippen molar-refractivity contribution in [3.8, 4) is 6.07 Å². The lowest BCUT2D eigenvalue weighted by atomic mass is 9.98. The van der Waals surface area contributed by atoms with Crippen molar-refractivity contribution in [3.63, 3.8) is 0 Å². The maximum Gasteiger partial charge on any atom is 0.303 e. The average Bonchev–Trinajstić information content (AvgIpc) is 2.35. The molecule has 0 saturated carbocycles. The highest BCUT2D eigenvalue weighted by atomic mass is 16.5. The van der Waals surface area contributed by atoms with E-state index in [1.807, 2.05) is 30.3 Å². The number of benzene rings is 1. The molecule has 3 nitrogen and oxygen atoms in total. The van der Waals surface area contributed by atoms with Gasteiger partial charge in [0, 0.05) is 6.92 Å². The molecule has 0 aliphatic carbocycles. The van der Waals surface area contributed by atoms with Crippen LogP contribution in [0.2, 0.25) is 0 Å². The van der Waals surface area contributed by atoms with Crippen LogP contribution in [0.25, 0.3) is 0 Å². The van der Waals surface area contributed by atoms with E-state index in [1.54, 1.807) is 0 Å². The zero-order valence-electron chi connectivity index (χ0n) is 10.9. The number of esters is 1. The Hall–Kier alpha value is -2.08. The SMILES string of the molecule is C=C(C#N)[C@H](OC(C)=O)c1ccc(C(C)C)cc1. The Balaban J connectivity index is 3.02. The van der Waals surface area contributed by atoms with E-state index in [0.29, 0.717) is 5.92 Å². The Morgan fingerprint density at radius 1 is 1.28 bits per heavy atom. The largest absolute Gasteiger partial charge is 0.452 e. The Labute approximate surface area is 108 Å². The molecule has 0 bridgehead atoms. The molecule has 0 aromatic heterocycles. The summed E-state index contributed by atoms with van der Waals surface area (Å²) in [5.74, 6) is 0.00901. The molecule has 0 aliphatic heterocycles. The first-order valence-corrected chi connectivity index (χ1v) is 5.81. The van der Waals surface area contributed by atoms with Crippen molar-refractivity contribution >= 4 is 5.97 Å².